The van der Waals surface area contributed by atoms with Gasteiger partial charge in [-0.25, -0.2) is 14.6 Å². The van der Waals surface area contributed by atoms with Crippen LogP contribution in [0.5, 0.6) is 0 Å². The van der Waals surface area contributed by atoms with Crippen molar-refractivity contribution < 1.29 is 32.7 Å². The summed E-state index contributed by atoms with van der Waals surface area (Å²) in [5.74, 6) is -1.57. The summed E-state index contributed by atoms with van der Waals surface area (Å²) in [6.07, 6.45) is 0.0867. The molecule has 1 aromatic heterocycles. The van der Waals surface area contributed by atoms with Gasteiger partial charge in [-0.2, -0.15) is 18.2 Å². The lowest BCUT2D eigenvalue weighted by Gasteiger charge is -2.34. The molecule has 5 N–H and O–H groups in total. The highest BCUT2D eigenvalue weighted by Gasteiger charge is 2.38. The van der Waals surface area contributed by atoms with Crippen molar-refractivity contribution in [3.8, 4) is 0 Å². The van der Waals surface area contributed by atoms with Crippen LogP contribution in [0.1, 0.15) is 51.2 Å². The van der Waals surface area contributed by atoms with E-state index in [1.54, 1.807) is 6.20 Å². The highest BCUT2D eigenvalue weighted by atomic mass is 35.5. The molecule has 47 heavy (non-hydrogen) atoms. The van der Waals surface area contributed by atoms with Crippen LogP contribution in [0.25, 0.3) is 0 Å². The van der Waals surface area contributed by atoms with Gasteiger partial charge in [0.1, 0.15) is 5.02 Å². The van der Waals surface area contributed by atoms with Gasteiger partial charge in [-0.1, -0.05) is 23.7 Å². The lowest BCUT2D eigenvalue weighted by molar-refractivity contribution is -0.192. The largest absolute Gasteiger partial charge is 0.490 e. The van der Waals surface area contributed by atoms with Crippen molar-refractivity contribution in [3.05, 3.63) is 64.8 Å². The van der Waals surface area contributed by atoms with Crippen LogP contribution in [0.15, 0.2) is 48.7 Å². The molecule has 1 fully saturated rings. The average molecular weight is 676 g/mol. The first-order valence-electron chi connectivity index (χ1n) is 15.0. The Hall–Kier alpha value is -4.59. The lowest BCUT2D eigenvalue weighted by Crippen LogP contribution is -2.50. The fourth-order valence-corrected chi connectivity index (χ4v) is 5.21. The SMILES string of the molecule is CC(C)(C)NC(=O)N1CCC(CC(=O)Nc2ccc3cc2CCc2cccc(c2)Nc2ncc(Cl)c(n2)N3)CC1.O=C(O)C(F)(F)F. The maximum absolute atomic E-state index is 13.1. The number of carboxylic acids is 1. The number of aromatic nitrogens is 2. The van der Waals surface area contributed by atoms with Crippen LogP contribution in [-0.2, 0) is 22.4 Å². The number of anilines is 5. The molecule has 11 nitrogen and oxygen atoms in total. The first-order chi connectivity index (χ1) is 22.1. The number of fused-ring (bicyclic) bond motifs is 6. The van der Waals surface area contributed by atoms with E-state index in [-0.39, 0.29) is 23.4 Å². The number of aliphatic carboxylic acids is 1. The van der Waals surface area contributed by atoms with E-state index in [1.165, 1.54) is 0 Å². The normalized spacial score (nSPS) is 14.8. The highest BCUT2D eigenvalue weighted by molar-refractivity contribution is 6.32. The second-order valence-electron chi connectivity index (χ2n) is 12.4. The number of carboxylic acid groups (broad SMARTS) is 1. The summed E-state index contributed by atoms with van der Waals surface area (Å²) in [5.41, 5.74) is 4.44. The zero-order valence-corrected chi connectivity index (χ0v) is 26.9. The highest BCUT2D eigenvalue weighted by Crippen LogP contribution is 2.30. The third kappa shape index (κ3) is 10.7. The number of piperidine rings is 1. The van der Waals surface area contributed by atoms with Gasteiger partial charge >= 0.3 is 18.2 Å². The average Bonchev–Trinajstić information content (AvgIpc) is 2.98. The van der Waals surface area contributed by atoms with Crippen LogP contribution in [0, 0.1) is 5.92 Å². The topological polar surface area (TPSA) is 149 Å². The van der Waals surface area contributed by atoms with Gasteiger partial charge in [0.15, 0.2) is 5.82 Å². The zero-order valence-electron chi connectivity index (χ0n) is 26.2. The molecule has 3 amide bonds. The molecule has 0 spiro atoms. The molecule has 0 saturated carbocycles. The van der Waals surface area contributed by atoms with E-state index in [4.69, 9.17) is 21.5 Å². The number of rotatable bonds is 3. The molecule has 2 aliphatic rings. The number of aryl methyl sites for hydroxylation is 2. The maximum Gasteiger partial charge on any atom is 0.490 e. The van der Waals surface area contributed by atoms with Gasteiger partial charge in [-0.05, 0) is 93.8 Å². The second-order valence-corrected chi connectivity index (χ2v) is 12.8. The third-order valence-electron chi connectivity index (χ3n) is 7.35. The van der Waals surface area contributed by atoms with Crippen molar-refractivity contribution in [1.82, 2.24) is 20.2 Å². The molecule has 3 heterocycles. The van der Waals surface area contributed by atoms with Gasteiger partial charge in [0.05, 0.1) is 6.20 Å². The molecule has 0 aliphatic carbocycles. The summed E-state index contributed by atoms with van der Waals surface area (Å²) < 4.78 is 31.7. The van der Waals surface area contributed by atoms with Gasteiger partial charge < -0.3 is 31.3 Å². The summed E-state index contributed by atoms with van der Waals surface area (Å²) in [5, 5.41) is 20.3. The molecule has 15 heteroatoms. The van der Waals surface area contributed by atoms with Crippen molar-refractivity contribution in [3.63, 3.8) is 0 Å². The first kappa shape index (κ1) is 35.3. The lowest BCUT2D eigenvalue weighted by atomic mass is 9.93. The van der Waals surface area contributed by atoms with Crippen molar-refractivity contribution in [1.29, 1.82) is 0 Å². The van der Waals surface area contributed by atoms with Crippen LogP contribution in [0.3, 0.4) is 0 Å². The minimum absolute atomic E-state index is 0.00727. The Morgan fingerprint density at radius 1 is 1.02 bits per heavy atom. The van der Waals surface area contributed by atoms with E-state index in [2.05, 4.69) is 43.4 Å². The molecular weight excluding hydrogens is 639 g/mol. The predicted molar refractivity (Wildman–Crippen MR) is 173 cm³/mol. The molecule has 1 saturated heterocycles. The molecule has 0 unspecified atom stereocenters. The van der Waals surface area contributed by atoms with Gasteiger partial charge in [0, 0.05) is 42.1 Å². The summed E-state index contributed by atoms with van der Waals surface area (Å²) in [6.45, 7) is 7.25. The number of hydrogen-bond donors (Lipinski definition) is 5. The van der Waals surface area contributed by atoms with E-state index in [1.807, 2.05) is 56.0 Å². The third-order valence-corrected chi connectivity index (χ3v) is 7.63. The number of carbonyl (C=O) groups is 3. The fraction of sp³-hybridized carbons (Fsp3) is 0.406. The van der Waals surface area contributed by atoms with Crippen LogP contribution in [0.2, 0.25) is 5.02 Å². The Kier molecular flexibility index (Phi) is 11.2. The number of likely N-dealkylation sites (tertiary alicyclic amines) is 1. The van der Waals surface area contributed by atoms with E-state index >= 15 is 0 Å². The maximum atomic E-state index is 13.1. The Balaban J connectivity index is 0.000000644. The minimum atomic E-state index is -5.08. The van der Waals surface area contributed by atoms with E-state index in [0.717, 1.165) is 53.9 Å². The Morgan fingerprint density at radius 2 is 1.70 bits per heavy atom. The van der Waals surface area contributed by atoms with Crippen molar-refractivity contribution >= 4 is 58.3 Å². The van der Waals surface area contributed by atoms with Crippen molar-refractivity contribution in [2.24, 2.45) is 5.92 Å². The van der Waals surface area contributed by atoms with Crippen LogP contribution >= 0.6 is 11.6 Å². The number of benzene rings is 2. The number of nitrogens with one attached hydrogen (secondary N) is 4. The van der Waals surface area contributed by atoms with E-state index in [0.29, 0.717) is 36.3 Å². The number of amides is 3. The molecule has 0 radical (unpaired) electrons. The molecule has 6 bridgehead atoms. The molecule has 3 aromatic rings. The van der Waals surface area contributed by atoms with E-state index in [9.17, 15) is 22.8 Å². The fourth-order valence-electron chi connectivity index (χ4n) is 5.07. The van der Waals surface area contributed by atoms with Crippen LogP contribution < -0.4 is 21.3 Å². The quantitative estimate of drug-likeness (QED) is 0.201. The molecule has 2 aliphatic heterocycles. The molecular formula is C32H37ClF3N7O4. The number of urea groups is 1. The smallest absolute Gasteiger partial charge is 0.475 e. The van der Waals surface area contributed by atoms with Crippen LogP contribution in [0.4, 0.5) is 46.8 Å². The number of alkyl halides is 3. The van der Waals surface area contributed by atoms with Crippen molar-refractivity contribution in [2.75, 3.05) is 29.0 Å². The Bertz CT molecular complexity index is 1610. The number of halogens is 4. The van der Waals surface area contributed by atoms with E-state index < -0.39 is 12.1 Å². The monoisotopic (exact) mass is 675 g/mol. The zero-order chi connectivity index (χ0) is 34.4. The summed E-state index contributed by atoms with van der Waals surface area (Å²) in [6, 6.07) is 14.0. The van der Waals surface area contributed by atoms with Gasteiger partial charge in [0.2, 0.25) is 11.9 Å². The number of nitrogens with zero attached hydrogens (tertiary/aromatic N) is 3. The summed E-state index contributed by atoms with van der Waals surface area (Å²) >= 11 is 6.38. The van der Waals surface area contributed by atoms with Gasteiger partial charge in [0.25, 0.3) is 0 Å². The molecule has 0 atom stereocenters. The molecule has 5 rings (SSSR count). The summed E-state index contributed by atoms with van der Waals surface area (Å²) in [7, 11) is 0. The number of hydrogen-bond acceptors (Lipinski definition) is 7. The minimum Gasteiger partial charge on any atom is -0.475 e. The summed E-state index contributed by atoms with van der Waals surface area (Å²) in [4.78, 5) is 45.2. The number of carbonyl (C=O) groups excluding carboxylic acids is 2. The second kappa shape index (κ2) is 14.9. The Labute approximate surface area is 275 Å². The standard InChI is InChI=1S/C30H36ClN7O2.C2HF3O2/c1-30(2,3)37-29(40)38-13-11-20(12-14-38)16-26(39)35-25-10-9-23-17-21(25)8-7-19-5-4-6-22(15-19)34-28-32-18-24(31)27(33-23)36-28;3-2(4,5)1(6)7/h4-6,9-10,15,17-18,20H,7-8,11-14,16H2,1-3H3,(H,35,39)(H,37,40)(H2,32,33,34,36);(H,6,7). The van der Waals surface area contributed by atoms with Gasteiger partial charge in [-0.3, -0.25) is 4.79 Å². The predicted octanol–water partition coefficient (Wildman–Crippen LogP) is 6.90. The molecule has 252 valence electrons. The van der Waals surface area contributed by atoms with Crippen LogP contribution in [-0.4, -0.2) is 62.7 Å². The van der Waals surface area contributed by atoms with Gasteiger partial charge in [-0.15, -0.1) is 0 Å². The van der Waals surface area contributed by atoms with Crippen molar-refractivity contribution in [2.45, 2.75) is 64.6 Å². The Morgan fingerprint density at radius 3 is 2.36 bits per heavy atom. The first-order valence-corrected chi connectivity index (χ1v) is 15.4. The molecule has 2 aromatic carbocycles.